The molecular formula is C24H29N5O4S. The van der Waals surface area contributed by atoms with Gasteiger partial charge in [0, 0.05) is 24.1 Å². The van der Waals surface area contributed by atoms with Crippen LogP contribution in [0.5, 0.6) is 11.5 Å². The Balaban J connectivity index is 1.56. The van der Waals surface area contributed by atoms with Crippen molar-refractivity contribution in [3.8, 4) is 22.9 Å². The number of nitrogens with one attached hydrogen (secondary N) is 3. The number of unbranched alkanes of at least 4 members (excludes halogenated alkanes) is 1. The second kappa shape index (κ2) is 12.0. The fourth-order valence-corrected chi connectivity index (χ4v) is 3.40. The van der Waals surface area contributed by atoms with Gasteiger partial charge in [0.2, 0.25) is 5.91 Å². The summed E-state index contributed by atoms with van der Waals surface area (Å²) in [6.45, 7) is 4.96. The second-order valence-electron chi connectivity index (χ2n) is 7.69. The van der Waals surface area contributed by atoms with Gasteiger partial charge in [0.25, 0.3) is 5.91 Å². The van der Waals surface area contributed by atoms with E-state index in [0.29, 0.717) is 40.8 Å². The maximum atomic E-state index is 12.5. The summed E-state index contributed by atoms with van der Waals surface area (Å²) >= 11 is 5.31. The number of aromatic amines is 1. The molecule has 0 atom stereocenters. The minimum Gasteiger partial charge on any atom is -0.493 e. The highest BCUT2D eigenvalue weighted by Gasteiger charge is 2.14. The van der Waals surface area contributed by atoms with Crippen molar-refractivity contribution in [3.63, 3.8) is 0 Å². The lowest BCUT2D eigenvalue weighted by Crippen LogP contribution is -2.41. The lowest BCUT2D eigenvalue weighted by atomic mass is 10.1. The average Bonchev–Trinajstić information content (AvgIpc) is 3.22. The summed E-state index contributed by atoms with van der Waals surface area (Å²) in [5, 5.41) is 7.05. The molecule has 0 aliphatic carbocycles. The van der Waals surface area contributed by atoms with Gasteiger partial charge in [0.05, 0.1) is 13.7 Å². The van der Waals surface area contributed by atoms with Gasteiger partial charge in [0.15, 0.2) is 22.1 Å². The minimum atomic E-state index is -0.466. The summed E-state index contributed by atoms with van der Waals surface area (Å²) in [6, 6.07) is 12.7. The van der Waals surface area contributed by atoms with Gasteiger partial charge in [-0.05, 0) is 43.8 Å². The molecule has 9 nitrogen and oxygen atoms in total. The van der Waals surface area contributed by atoms with Gasteiger partial charge >= 0.3 is 0 Å². The van der Waals surface area contributed by atoms with Crippen LogP contribution in [-0.4, -0.2) is 40.3 Å². The molecule has 0 spiro atoms. The zero-order chi connectivity index (χ0) is 24.5. The Morgan fingerprint density at radius 3 is 2.59 bits per heavy atom. The SMILES string of the molecule is CCCCOc1ccc(C(=O)NNC(=O)CCn2c(-c3ccc(C)cc3)n[nH]c2=S)cc1OC. The first-order valence-corrected chi connectivity index (χ1v) is 11.5. The summed E-state index contributed by atoms with van der Waals surface area (Å²) in [5.74, 6) is 0.839. The molecule has 0 unspecified atom stereocenters. The quantitative estimate of drug-likeness (QED) is 0.229. The van der Waals surface area contributed by atoms with Crippen LogP contribution >= 0.6 is 12.2 Å². The normalized spacial score (nSPS) is 10.6. The zero-order valence-electron chi connectivity index (χ0n) is 19.5. The van der Waals surface area contributed by atoms with Crippen LogP contribution < -0.4 is 20.3 Å². The van der Waals surface area contributed by atoms with Crippen molar-refractivity contribution in [2.24, 2.45) is 0 Å². The van der Waals surface area contributed by atoms with Gasteiger partial charge in [-0.1, -0.05) is 43.2 Å². The number of hydrogen-bond acceptors (Lipinski definition) is 6. The molecule has 2 aromatic carbocycles. The first kappa shape index (κ1) is 25.0. The number of aryl methyl sites for hydroxylation is 1. The molecule has 180 valence electrons. The Morgan fingerprint density at radius 1 is 1.12 bits per heavy atom. The van der Waals surface area contributed by atoms with E-state index in [1.807, 2.05) is 31.2 Å². The van der Waals surface area contributed by atoms with E-state index in [4.69, 9.17) is 21.7 Å². The number of nitrogens with zero attached hydrogens (tertiary/aromatic N) is 2. The highest BCUT2D eigenvalue weighted by Crippen LogP contribution is 2.28. The highest BCUT2D eigenvalue weighted by atomic mass is 32.1. The van der Waals surface area contributed by atoms with Crippen molar-refractivity contribution in [1.82, 2.24) is 25.6 Å². The molecule has 10 heteroatoms. The van der Waals surface area contributed by atoms with Gasteiger partial charge in [-0.25, -0.2) is 0 Å². The van der Waals surface area contributed by atoms with E-state index >= 15 is 0 Å². The largest absolute Gasteiger partial charge is 0.493 e. The number of benzene rings is 2. The van der Waals surface area contributed by atoms with Gasteiger partial charge in [-0.3, -0.25) is 30.1 Å². The van der Waals surface area contributed by atoms with Gasteiger partial charge < -0.3 is 9.47 Å². The number of ether oxygens (including phenoxy) is 2. The molecule has 3 aromatic rings. The zero-order valence-corrected chi connectivity index (χ0v) is 20.3. The van der Waals surface area contributed by atoms with Crippen LogP contribution in [0, 0.1) is 11.7 Å². The molecule has 2 amide bonds. The fraction of sp³-hybridized carbons (Fsp3) is 0.333. The number of hydrazine groups is 1. The Hall–Kier alpha value is -3.66. The lowest BCUT2D eigenvalue weighted by molar-refractivity contribution is -0.122. The first-order chi connectivity index (χ1) is 16.4. The molecule has 0 saturated carbocycles. The number of methoxy groups -OCH3 is 1. The predicted octanol–water partition coefficient (Wildman–Crippen LogP) is 3.95. The third kappa shape index (κ3) is 6.44. The molecule has 0 fully saturated rings. The Bertz CT molecular complexity index is 1190. The van der Waals surface area contributed by atoms with Crippen molar-refractivity contribution in [1.29, 1.82) is 0 Å². The van der Waals surface area contributed by atoms with Crippen LogP contribution in [0.3, 0.4) is 0 Å². The van der Waals surface area contributed by atoms with E-state index in [1.165, 1.54) is 7.11 Å². The second-order valence-corrected chi connectivity index (χ2v) is 8.08. The minimum absolute atomic E-state index is 0.0977. The first-order valence-electron chi connectivity index (χ1n) is 11.0. The Labute approximate surface area is 203 Å². The average molecular weight is 484 g/mol. The third-order valence-corrected chi connectivity index (χ3v) is 5.44. The number of rotatable bonds is 10. The number of amides is 2. The number of hydrogen-bond donors (Lipinski definition) is 3. The van der Waals surface area contributed by atoms with Crippen molar-refractivity contribution < 1.29 is 19.1 Å². The molecule has 0 saturated heterocycles. The summed E-state index contributed by atoms with van der Waals surface area (Å²) in [6.07, 6.45) is 2.04. The van der Waals surface area contributed by atoms with Crippen LogP contribution in [0.1, 0.15) is 42.1 Å². The van der Waals surface area contributed by atoms with Crippen molar-refractivity contribution >= 4 is 24.0 Å². The van der Waals surface area contributed by atoms with Gasteiger partial charge in [0.1, 0.15) is 0 Å². The van der Waals surface area contributed by atoms with Gasteiger partial charge in [-0.2, -0.15) is 5.10 Å². The molecule has 1 heterocycles. The van der Waals surface area contributed by atoms with Crippen molar-refractivity contribution in [2.45, 2.75) is 39.7 Å². The number of H-pyrrole nitrogens is 1. The fourth-order valence-electron chi connectivity index (χ4n) is 3.18. The topological polar surface area (TPSA) is 110 Å². The van der Waals surface area contributed by atoms with Crippen LogP contribution in [0.4, 0.5) is 0 Å². The maximum Gasteiger partial charge on any atom is 0.269 e. The number of carbonyl (C=O) groups is 2. The standard InChI is InChI=1S/C24H29N5O4S/c1-4-5-14-33-19-11-10-18(15-20(19)32-3)23(31)27-25-21(30)12-13-29-22(26-28-24(29)34)17-8-6-16(2)7-9-17/h6-11,15H,4-5,12-14H2,1-3H3,(H,25,30)(H,27,31)(H,28,34). The molecule has 0 radical (unpaired) electrons. The van der Waals surface area contributed by atoms with Crippen molar-refractivity contribution in [3.05, 3.63) is 58.4 Å². The maximum absolute atomic E-state index is 12.5. The Kier molecular flexibility index (Phi) is 8.80. The monoisotopic (exact) mass is 483 g/mol. The number of carbonyl (C=O) groups excluding carboxylic acids is 2. The van der Waals surface area contributed by atoms with E-state index in [1.54, 1.807) is 22.8 Å². The van der Waals surface area contributed by atoms with E-state index < -0.39 is 5.91 Å². The lowest BCUT2D eigenvalue weighted by Gasteiger charge is -2.12. The van der Waals surface area contributed by atoms with E-state index in [0.717, 1.165) is 24.0 Å². The summed E-state index contributed by atoms with van der Waals surface area (Å²) in [7, 11) is 1.51. The molecule has 3 N–H and O–H groups in total. The predicted molar refractivity (Wildman–Crippen MR) is 131 cm³/mol. The molecule has 0 aliphatic heterocycles. The van der Waals surface area contributed by atoms with E-state index in [2.05, 4.69) is 28.0 Å². The molecule has 0 bridgehead atoms. The van der Waals surface area contributed by atoms with Crippen LogP contribution in [-0.2, 0) is 11.3 Å². The molecule has 1 aromatic heterocycles. The van der Waals surface area contributed by atoms with E-state index in [-0.39, 0.29) is 12.3 Å². The van der Waals surface area contributed by atoms with Gasteiger partial charge in [-0.15, -0.1) is 0 Å². The highest BCUT2D eigenvalue weighted by molar-refractivity contribution is 7.71. The summed E-state index contributed by atoms with van der Waals surface area (Å²) in [5.41, 5.74) is 7.22. The summed E-state index contributed by atoms with van der Waals surface area (Å²) in [4.78, 5) is 24.8. The Morgan fingerprint density at radius 2 is 1.88 bits per heavy atom. The third-order valence-electron chi connectivity index (χ3n) is 5.13. The molecule has 0 aliphatic rings. The summed E-state index contributed by atoms with van der Waals surface area (Å²) < 4.78 is 13.2. The van der Waals surface area contributed by atoms with Crippen LogP contribution in [0.15, 0.2) is 42.5 Å². The smallest absolute Gasteiger partial charge is 0.269 e. The van der Waals surface area contributed by atoms with Crippen LogP contribution in [0.25, 0.3) is 11.4 Å². The molecule has 3 rings (SSSR count). The van der Waals surface area contributed by atoms with Crippen LogP contribution in [0.2, 0.25) is 0 Å². The number of aromatic nitrogens is 3. The van der Waals surface area contributed by atoms with Crippen molar-refractivity contribution in [2.75, 3.05) is 13.7 Å². The van der Waals surface area contributed by atoms with E-state index in [9.17, 15) is 9.59 Å². The molecule has 34 heavy (non-hydrogen) atoms. The molecular weight excluding hydrogens is 454 g/mol.